The van der Waals surface area contributed by atoms with Crippen molar-refractivity contribution in [2.24, 2.45) is 0 Å². The lowest BCUT2D eigenvalue weighted by Crippen LogP contribution is -2.32. The molecular weight excluding hydrogens is 396 g/mol. The summed E-state index contributed by atoms with van der Waals surface area (Å²) in [6, 6.07) is 14.8. The monoisotopic (exact) mass is 422 g/mol. The summed E-state index contributed by atoms with van der Waals surface area (Å²) in [6.45, 7) is 4.25. The summed E-state index contributed by atoms with van der Waals surface area (Å²) in [5.74, 6) is -0.105. The zero-order valence-electron chi connectivity index (χ0n) is 16.5. The normalized spacial score (nSPS) is 12.4. The maximum Gasteiger partial charge on any atom is 0.232 e. The fourth-order valence-electron chi connectivity index (χ4n) is 2.94. The molecule has 0 heterocycles. The van der Waals surface area contributed by atoms with Crippen molar-refractivity contribution in [3.05, 3.63) is 64.7 Å². The second kappa shape index (κ2) is 9.94. The molecule has 0 aromatic heterocycles. The van der Waals surface area contributed by atoms with Crippen LogP contribution >= 0.6 is 11.6 Å². The van der Waals surface area contributed by atoms with Crippen LogP contribution in [0.2, 0.25) is 5.02 Å². The number of halogens is 1. The summed E-state index contributed by atoms with van der Waals surface area (Å²) in [4.78, 5) is 12.3. The largest absolute Gasteiger partial charge is 0.350 e. The number of nitrogens with zero attached hydrogens (tertiary/aromatic N) is 1. The Morgan fingerprint density at radius 3 is 2.43 bits per heavy atom. The van der Waals surface area contributed by atoms with Crippen LogP contribution in [0.25, 0.3) is 0 Å². The van der Waals surface area contributed by atoms with Gasteiger partial charge in [0.1, 0.15) is 0 Å². The first-order valence-electron chi connectivity index (χ1n) is 9.32. The Bertz CT molecular complexity index is 898. The summed E-state index contributed by atoms with van der Waals surface area (Å²) in [5.41, 5.74) is 2.80. The smallest absolute Gasteiger partial charge is 0.232 e. The third-order valence-electron chi connectivity index (χ3n) is 4.53. The predicted octanol–water partition coefficient (Wildman–Crippen LogP) is 4.33. The second-order valence-corrected chi connectivity index (χ2v) is 9.15. The molecule has 28 heavy (non-hydrogen) atoms. The van der Waals surface area contributed by atoms with Crippen LogP contribution in [0.5, 0.6) is 0 Å². The molecule has 1 amide bonds. The number of aryl methyl sites for hydroxylation is 1. The van der Waals surface area contributed by atoms with Gasteiger partial charge in [0.15, 0.2) is 0 Å². The van der Waals surface area contributed by atoms with E-state index in [1.165, 1.54) is 9.87 Å². The van der Waals surface area contributed by atoms with E-state index in [-0.39, 0.29) is 24.9 Å². The van der Waals surface area contributed by atoms with E-state index >= 15 is 0 Å². The van der Waals surface area contributed by atoms with Crippen LogP contribution < -0.4 is 9.62 Å². The highest BCUT2D eigenvalue weighted by atomic mass is 35.5. The molecule has 0 radical (unpaired) electrons. The standard InChI is InChI=1S/C21H27ClN2O3S/c1-4-17-10-12-18(13-11-17)16(2)23-21(25)9-6-14-24(28(3,26)27)20-8-5-7-19(22)15-20/h5,7-8,10-13,15-16H,4,6,9,14H2,1-3H3,(H,23,25)/t16-/m0/s1. The van der Waals surface area contributed by atoms with Gasteiger partial charge < -0.3 is 5.32 Å². The fraction of sp³-hybridized carbons (Fsp3) is 0.381. The highest BCUT2D eigenvalue weighted by Gasteiger charge is 2.18. The average Bonchev–Trinajstić information content (AvgIpc) is 2.64. The SMILES string of the molecule is CCc1ccc([C@H](C)NC(=O)CCCN(c2cccc(Cl)c2)S(C)(=O)=O)cc1. The topological polar surface area (TPSA) is 66.5 Å². The lowest BCUT2D eigenvalue weighted by molar-refractivity contribution is -0.121. The number of sulfonamides is 1. The molecule has 0 bridgehead atoms. The number of hydrogen-bond donors (Lipinski definition) is 1. The number of carbonyl (C=O) groups is 1. The Morgan fingerprint density at radius 1 is 1.18 bits per heavy atom. The van der Waals surface area contributed by atoms with E-state index in [2.05, 4.69) is 24.4 Å². The highest BCUT2D eigenvalue weighted by molar-refractivity contribution is 7.92. The van der Waals surface area contributed by atoms with Crippen molar-refractivity contribution < 1.29 is 13.2 Å². The van der Waals surface area contributed by atoms with Crippen molar-refractivity contribution in [1.29, 1.82) is 0 Å². The van der Waals surface area contributed by atoms with Gasteiger partial charge in [-0.25, -0.2) is 8.42 Å². The lowest BCUT2D eigenvalue weighted by Gasteiger charge is -2.22. The van der Waals surface area contributed by atoms with E-state index in [0.717, 1.165) is 18.2 Å². The molecule has 0 aliphatic heterocycles. The molecule has 2 aromatic rings. The van der Waals surface area contributed by atoms with E-state index < -0.39 is 10.0 Å². The number of benzene rings is 2. The molecule has 5 nitrogen and oxygen atoms in total. The van der Waals surface area contributed by atoms with Crippen molar-refractivity contribution in [1.82, 2.24) is 5.32 Å². The van der Waals surface area contributed by atoms with E-state index in [1.54, 1.807) is 24.3 Å². The number of carbonyl (C=O) groups excluding carboxylic acids is 1. The van der Waals surface area contributed by atoms with E-state index in [0.29, 0.717) is 17.1 Å². The number of hydrogen-bond acceptors (Lipinski definition) is 3. The Labute approximate surface area is 172 Å². The van der Waals surface area contributed by atoms with Gasteiger partial charge in [-0.3, -0.25) is 9.10 Å². The molecule has 0 unspecified atom stereocenters. The van der Waals surface area contributed by atoms with Crippen LogP contribution in [-0.2, 0) is 21.2 Å². The quantitative estimate of drug-likeness (QED) is 0.654. The minimum Gasteiger partial charge on any atom is -0.350 e. The first-order chi connectivity index (χ1) is 13.2. The van der Waals surface area contributed by atoms with Crippen LogP contribution in [0, 0.1) is 0 Å². The molecule has 0 spiro atoms. The summed E-state index contributed by atoms with van der Waals surface area (Å²) in [5, 5.41) is 3.43. The third kappa shape index (κ3) is 6.53. The Kier molecular flexibility index (Phi) is 7.89. The van der Waals surface area contributed by atoms with Crippen LogP contribution in [0.1, 0.15) is 43.9 Å². The molecule has 1 N–H and O–H groups in total. The first kappa shape index (κ1) is 22.2. The summed E-state index contributed by atoms with van der Waals surface area (Å²) < 4.78 is 25.5. The van der Waals surface area contributed by atoms with E-state index in [4.69, 9.17) is 11.6 Å². The number of rotatable bonds is 9. The predicted molar refractivity (Wildman–Crippen MR) is 115 cm³/mol. The summed E-state index contributed by atoms with van der Waals surface area (Å²) >= 11 is 5.97. The van der Waals surface area contributed by atoms with Gasteiger partial charge in [0.25, 0.3) is 0 Å². The molecule has 0 fully saturated rings. The molecule has 2 aromatic carbocycles. The minimum absolute atomic E-state index is 0.0997. The molecule has 152 valence electrons. The molecular formula is C21H27ClN2O3S. The van der Waals surface area contributed by atoms with Gasteiger partial charge in [-0.15, -0.1) is 0 Å². The minimum atomic E-state index is -3.46. The van der Waals surface area contributed by atoms with Gasteiger partial charge in [0.2, 0.25) is 15.9 Å². The molecule has 0 saturated heterocycles. The van der Waals surface area contributed by atoms with E-state index in [1.807, 2.05) is 19.1 Å². The first-order valence-corrected chi connectivity index (χ1v) is 11.5. The van der Waals surface area contributed by atoms with Gasteiger partial charge in [-0.1, -0.05) is 48.9 Å². The molecule has 1 atom stereocenters. The lowest BCUT2D eigenvalue weighted by atomic mass is 10.0. The second-order valence-electron chi connectivity index (χ2n) is 6.80. The number of nitrogens with one attached hydrogen (secondary N) is 1. The zero-order valence-corrected chi connectivity index (χ0v) is 18.1. The summed E-state index contributed by atoms with van der Waals surface area (Å²) in [7, 11) is -3.46. The van der Waals surface area contributed by atoms with Crippen molar-refractivity contribution in [3.8, 4) is 0 Å². The van der Waals surface area contributed by atoms with Gasteiger partial charge >= 0.3 is 0 Å². The van der Waals surface area contributed by atoms with Crippen LogP contribution in [0.4, 0.5) is 5.69 Å². The van der Waals surface area contributed by atoms with Crippen molar-refractivity contribution >= 4 is 33.2 Å². The molecule has 0 aliphatic rings. The van der Waals surface area contributed by atoms with Gasteiger partial charge in [0, 0.05) is 18.0 Å². The maximum atomic E-state index is 12.3. The Morgan fingerprint density at radius 2 is 1.86 bits per heavy atom. The van der Waals surface area contributed by atoms with Crippen molar-refractivity contribution in [2.45, 2.75) is 39.2 Å². The average molecular weight is 423 g/mol. The molecule has 0 saturated carbocycles. The number of anilines is 1. The molecule has 2 rings (SSSR count). The van der Waals surface area contributed by atoms with Crippen LogP contribution in [0.3, 0.4) is 0 Å². The maximum absolute atomic E-state index is 12.3. The fourth-order valence-corrected chi connectivity index (χ4v) is 4.08. The zero-order chi connectivity index (χ0) is 20.7. The highest BCUT2D eigenvalue weighted by Crippen LogP contribution is 2.22. The van der Waals surface area contributed by atoms with Crippen LogP contribution in [-0.4, -0.2) is 27.1 Å². The van der Waals surface area contributed by atoms with Gasteiger partial charge in [0.05, 0.1) is 18.0 Å². The summed E-state index contributed by atoms with van der Waals surface area (Å²) in [6.07, 6.45) is 2.78. The number of amides is 1. The molecule has 7 heteroatoms. The Hall–Kier alpha value is -2.05. The van der Waals surface area contributed by atoms with Gasteiger partial charge in [-0.2, -0.15) is 0 Å². The van der Waals surface area contributed by atoms with E-state index in [9.17, 15) is 13.2 Å². The van der Waals surface area contributed by atoms with Crippen molar-refractivity contribution in [2.75, 3.05) is 17.1 Å². The van der Waals surface area contributed by atoms with Crippen molar-refractivity contribution in [3.63, 3.8) is 0 Å². The van der Waals surface area contributed by atoms with Gasteiger partial charge in [-0.05, 0) is 49.1 Å². The molecule has 0 aliphatic carbocycles. The Balaban J connectivity index is 1.91. The third-order valence-corrected chi connectivity index (χ3v) is 5.96. The van der Waals surface area contributed by atoms with Crippen LogP contribution in [0.15, 0.2) is 48.5 Å².